The number of carbonyl (C=O) groups is 1. The monoisotopic (exact) mass is 445 g/mol. The Morgan fingerprint density at radius 1 is 1.13 bits per heavy atom. The lowest BCUT2D eigenvalue weighted by atomic mass is 10.1. The number of aryl methyl sites for hydroxylation is 1. The van der Waals surface area contributed by atoms with Gasteiger partial charge >= 0.3 is 10.2 Å². The maximum atomic E-state index is 13.3. The molecule has 31 heavy (non-hydrogen) atoms. The van der Waals surface area contributed by atoms with Gasteiger partial charge in [0.2, 0.25) is 5.91 Å². The summed E-state index contributed by atoms with van der Waals surface area (Å²) in [5.41, 5.74) is 1.91. The first kappa shape index (κ1) is 22.4. The van der Waals surface area contributed by atoms with Crippen molar-refractivity contribution in [2.45, 2.75) is 13.5 Å². The summed E-state index contributed by atoms with van der Waals surface area (Å²) in [5.74, 6) is -0.188. The molecule has 1 heterocycles. The number of imidazole rings is 1. The van der Waals surface area contributed by atoms with Crippen LogP contribution in [0.1, 0.15) is 11.4 Å². The number of nitrogens with one attached hydrogen (secondary N) is 1. The molecule has 8 nitrogen and oxygen atoms in total. The number of benzene rings is 2. The van der Waals surface area contributed by atoms with Crippen molar-refractivity contribution in [2.75, 3.05) is 24.9 Å². The zero-order chi connectivity index (χ0) is 22.6. The van der Waals surface area contributed by atoms with Crippen LogP contribution in [0.2, 0.25) is 0 Å². The van der Waals surface area contributed by atoms with E-state index in [-0.39, 0.29) is 12.2 Å². The van der Waals surface area contributed by atoms with Gasteiger partial charge in [0.1, 0.15) is 18.2 Å². The fourth-order valence-electron chi connectivity index (χ4n) is 3.02. The maximum absolute atomic E-state index is 13.3. The van der Waals surface area contributed by atoms with Crippen LogP contribution in [-0.2, 0) is 21.5 Å². The third-order valence-corrected chi connectivity index (χ3v) is 6.51. The molecule has 0 unspecified atom stereocenters. The minimum Gasteiger partial charge on any atom is -0.350 e. The fraction of sp³-hybridized carbons (Fsp3) is 0.238. The molecule has 1 amide bonds. The summed E-state index contributed by atoms with van der Waals surface area (Å²) in [6.45, 7) is 1.63. The average molecular weight is 446 g/mol. The number of para-hydroxylation sites is 1. The van der Waals surface area contributed by atoms with Crippen molar-refractivity contribution < 1.29 is 17.6 Å². The van der Waals surface area contributed by atoms with Gasteiger partial charge in [-0.05, 0) is 42.8 Å². The van der Waals surface area contributed by atoms with E-state index in [0.29, 0.717) is 0 Å². The zero-order valence-corrected chi connectivity index (χ0v) is 18.3. The minimum absolute atomic E-state index is 0.194. The third kappa shape index (κ3) is 5.09. The highest BCUT2D eigenvalue weighted by Gasteiger charge is 2.27. The number of rotatable bonds is 8. The number of hydrogen-bond acceptors (Lipinski definition) is 4. The topological polar surface area (TPSA) is 87.5 Å². The molecule has 0 spiro atoms. The molecule has 0 aliphatic heterocycles. The van der Waals surface area contributed by atoms with Crippen LogP contribution in [0.25, 0.3) is 5.69 Å². The first-order valence-electron chi connectivity index (χ1n) is 9.51. The molecule has 0 bridgehead atoms. The molecule has 2 aromatic carbocycles. The van der Waals surface area contributed by atoms with E-state index in [1.807, 2.05) is 42.0 Å². The molecule has 0 aliphatic carbocycles. The van der Waals surface area contributed by atoms with Crippen molar-refractivity contribution in [1.29, 1.82) is 0 Å². The SMILES string of the molecule is Cc1nccn1-c1ccccc1CNC(=O)CN(c1ccc(F)cc1)S(=O)(=O)N(C)C. The second kappa shape index (κ2) is 9.27. The fourth-order valence-corrected chi connectivity index (χ4v) is 4.08. The standard InChI is InChI=1S/C21H24FN5O3S/c1-16-23-12-13-26(16)20-7-5-4-6-17(20)14-24-21(28)15-27(31(29,30)25(2)3)19-10-8-18(22)9-11-19/h4-13H,14-15H2,1-3H3,(H,24,28). The lowest BCUT2D eigenvalue weighted by Crippen LogP contribution is -2.45. The van der Waals surface area contributed by atoms with Crippen molar-refractivity contribution in [2.24, 2.45) is 0 Å². The second-order valence-corrected chi connectivity index (χ2v) is 9.09. The Balaban J connectivity index is 1.79. The Hall–Kier alpha value is -3.24. The van der Waals surface area contributed by atoms with Gasteiger partial charge in [-0.15, -0.1) is 0 Å². The van der Waals surface area contributed by atoms with Crippen LogP contribution < -0.4 is 9.62 Å². The summed E-state index contributed by atoms with van der Waals surface area (Å²) < 4.78 is 42.6. The minimum atomic E-state index is -3.96. The molecule has 0 aliphatic rings. The van der Waals surface area contributed by atoms with Crippen LogP contribution in [0.4, 0.5) is 10.1 Å². The van der Waals surface area contributed by atoms with Crippen molar-refractivity contribution in [3.8, 4) is 5.69 Å². The van der Waals surface area contributed by atoms with Crippen LogP contribution in [0.15, 0.2) is 60.9 Å². The van der Waals surface area contributed by atoms with Gasteiger partial charge < -0.3 is 9.88 Å². The Bertz CT molecular complexity index is 1160. The highest BCUT2D eigenvalue weighted by Crippen LogP contribution is 2.20. The number of anilines is 1. The molecule has 10 heteroatoms. The molecule has 0 radical (unpaired) electrons. The van der Waals surface area contributed by atoms with Gasteiger partial charge in [-0.3, -0.25) is 4.79 Å². The van der Waals surface area contributed by atoms with Gasteiger partial charge in [0, 0.05) is 33.0 Å². The van der Waals surface area contributed by atoms with Gasteiger partial charge in [-0.25, -0.2) is 13.7 Å². The number of halogens is 1. The highest BCUT2D eigenvalue weighted by molar-refractivity contribution is 7.90. The van der Waals surface area contributed by atoms with Crippen LogP contribution in [-0.4, -0.2) is 48.8 Å². The summed E-state index contributed by atoms with van der Waals surface area (Å²) in [6.07, 6.45) is 3.52. The largest absolute Gasteiger partial charge is 0.350 e. The first-order valence-corrected chi connectivity index (χ1v) is 10.9. The van der Waals surface area contributed by atoms with E-state index in [4.69, 9.17) is 0 Å². The van der Waals surface area contributed by atoms with Gasteiger partial charge in [0.05, 0.1) is 11.4 Å². The van der Waals surface area contributed by atoms with Crippen LogP contribution in [0, 0.1) is 12.7 Å². The van der Waals surface area contributed by atoms with Gasteiger partial charge in [-0.2, -0.15) is 12.7 Å². The average Bonchev–Trinajstić information content (AvgIpc) is 3.17. The summed E-state index contributed by atoms with van der Waals surface area (Å²) >= 11 is 0. The molecule has 3 aromatic rings. The molecule has 0 fully saturated rings. The Labute approximate surface area is 181 Å². The molecule has 1 aromatic heterocycles. The summed E-state index contributed by atoms with van der Waals surface area (Å²) in [6, 6.07) is 12.5. The normalized spacial score (nSPS) is 11.5. The Morgan fingerprint density at radius 2 is 1.81 bits per heavy atom. The van der Waals surface area contributed by atoms with E-state index < -0.39 is 28.5 Å². The van der Waals surface area contributed by atoms with Crippen molar-refractivity contribution in [1.82, 2.24) is 19.2 Å². The van der Waals surface area contributed by atoms with Gasteiger partial charge in [-0.1, -0.05) is 18.2 Å². The predicted molar refractivity (Wildman–Crippen MR) is 117 cm³/mol. The highest BCUT2D eigenvalue weighted by atomic mass is 32.2. The number of hydrogen-bond donors (Lipinski definition) is 1. The summed E-state index contributed by atoms with van der Waals surface area (Å²) in [5, 5.41) is 2.77. The quantitative estimate of drug-likeness (QED) is 0.576. The van der Waals surface area contributed by atoms with Crippen molar-refractivity contribution in [3.63, 3.8) is 0 Å². The maximum Gasteiger partial charge on any atom is 0.304 e. The molecule has 0 saturated heterocycles. The zero-order valence-electron chi connectivity index (χ0n) is 17.5. The molecule has 164 valence electrons. The van der Waals surface area contributed by atoms with Crippen molar-refractivity contribution in [3.05, 3.63) is 78.1 Å². The molecule has 1 N–H and O–H groups in total. The molecular formula is C21H24FN5O3S. The van der Waals surface area contributed by atoms with Crippen molar-refractivity contribution >= 4 is 21.8 Å². The molecule has 0 atom stereocenters. The number of amides is 1. The van der Waals surface area contributed by atoms with Crippen LogP contribution in [0.5, 0.6) is 0 Å². The van der Waals surface area contributed by atoms with E-state index in [9.17, 15) is 17.6 Å². The number of aromatic nitrogens is 2. The summed E-state index contributed by atoms with van der Waals surface area (Å²) in [7, 11) is -1.22. The van der Waals surface area contributed by atoms with E-state index in [0.717, 1.165) is 37.8 Å². The smallest absolute Gasteiger partial charge is 0.304 e. The predicted octanol–water partition coefficient (Wildman–Crippen LogP) is 2.25. The number of nitrogens with zero attached hydrogens (tertiary/aromatic N) is 4. The van der Waals surface area contributed by atoms with E-state index in [1.165, 1.54) is 26.2 Å². The van der Waals surface area contributed by atoms with Gasteiger partial charge in [0.15, 0.2) is 0 Å². The first-order chi connectivity index (χ1) is 14.7. The van der Waals surface area contributed by atoms with E-state index in [2.05, 4.69) is 10.3 Å². The van der Waals surface area contributed by atoms with Gasteiger partial charge in [0.25, 0.3) is 0 Å². The third-order valence-electron chi connectivity index (χ3n) is 4.69. The second-order valence-electron chi connectivity index (χ2n) is 7.02. The lowest BCUT2D eigenvalue weighted by Gasteiger charge is -2.27. The molecule has 3 rings (SSSR count). The lowest BCUT2D eigenvalue weighted by molar-refractivity contribution is -0.119. The molecule has 0 saturated carbocycles. The number of carbonyl (C=O) groups excluding carboxylic acids is 1. The molecular weight excluding hydrogens is 421 g/mol. The van der Waals surface area contributed by atoms with E-state index >= 15 is 0 Å². The van der Waals surface area contributed by atoms with Crippen LogP contribution >= 0.6 is 0 Å². The van der Waals surface area contributed by atoms with Crippen LogP contribution in [0.3, 0.4) is 0 Å². The summed E-state index contributed by atoms with van der Waals surface area (Å²) in [4.78, 5) is 16.9. The van der Waals surface area contributed by atoms with E-state index in [1.54, 1.807) is 6.20 Å². The Morgan fingerprint density at radius 3 is 2.42 bits per heavy atom. The Kier molecular flexibility index (Phi) is 6.71.